The van der Waals surface area contributed by atoms with Gasteiger partial charge in [-0.2, -0.15) is 0 Å². The minimum Gasteiger partial charge on any atom is -0.348 e. The highest BCUT2D eigenvalue weighted by molar-refractivity contribution is 5.97. The third-order valence-electron chi connectivity index (χ3n) is 2.07. The van der Waals surface area contributed by atoms with E-state index in [-0.39, 0.29) is 17.8 Å². The van der Waals surface area contributed by atoms with Gasteiger partial charge < -0.3 is 4.98 Å². The number of carbonyl (C=O) groups is 1. The number of H-pyrrole nitrogens is 1. The second-order valence-corrected chi connectivity index (χ2v) is 3.29. The molecule has 0 aliphatic rings. The summed E-state index contributed by atoms with van der Waals surface area (Å²) in [5.41, 5.74) is 0.00824. The highest BCUT2D eigenvalue weighted by Gasteiger charge is 2.11. The van der Waals surface area contributed by atoms with Gasteiger partial charge in [-0.1, -0.05) is 0 Å². The number of hydrogen-bond donors (Lipinski definition) is 1. The third-order valence-corrected chi connectivity index (χ3v) is 2.07. The summed E-state index contributed by atoms with van der Waals surface area (Å²) in [7, 11) is 0. The zero-order valence-corrected chi connectivity index (χ0v) is 8.21. The summed E-state index contributed by atoms with van der Waals surface area (Å²) in [6.45, 7) is 0. The Hall–Kier alpha value is -2.04. The number of rotatable bonds is 3. The number of benzene rings is 1. The lowest BCUT2D eigenvalue weighted by Crippen LogP contribution is -2.05. The molecule has 3 nitrogen and oxygen atoms in total. The molecule has 16 heavy (non-hydrogen) atoms. The predicted octanol–water partition coefficient (Wildman–Crippen LogP) is 2.11. The fourth-order valence-corrected chi connectivity index (χ4v) is 1.36. The van der Waals surface area contributed by atoms with Gasteiger partial charge in [0, 0.05) is 24.0 Å². The molecule has 0 bridgehead atoms. The Balaban J connectivity index is 2.21. The molecule has 0 saturated heterocycles. The molecule has 1 aromatic carbocycles. The Morgan fingerprint density at radius 3 is 2.50 bits per heavy atom. The number of carbonyl (C=O) groups excluding carboxylic acids is 1. The van der Waals surface area contributed by atoms with Crippen LogP contribution in [-0.4, -0.2) is 15.8 Å². The lowest BCUT2D eigenvalue weighted by atomic mass is 10.1. The molecule has 0 saturated carbocycles. The number of aromatic nitrogens is 2. The van der Waals surface area contributed by atoms with E-state index in [9.17, 15) is 13.6 Å². The van der Waals surface area contributed by atoms with Gasteiger partial charge in [0.05, 0.1) is 6.42 Å². The van der Waals surface area contributed by atoms with Crippen LogP contribution in [0, 0.1) is 11.6 Å². The highest BCUT2D eigenvalue weighted by Crippen LogP contribution is 2.10. The first-order chi connectivity index (χ1) is 7.65. The molecular formula is C11H8F2N2O. The minimum absolute atomic E-state index is 0.00407. The van der Waals surface area contributed by atoms with Crippen LogP contribution in [0.4, 0.5) is 8.78 Å². The number of nitrogens with zero attached hydrogens (tertiary/aromatic N) is 1. The monoisotopic (exact) mass is 222 g/mol. The molecule has 0 unspecified atom stereocenters. The van der Waals surface area contributed by atoms with Crippen molar-refractivity contribution >= 4 is 5.78 Å². The summed E-state index contributed by atoms with van der Waals surface area (Å²) in [6, 6.07) is 2.74. The maximum Gasteiger partial charge on any atom is 0.170 e. The van der Waals surface area contributed by atoms with E-state index in [1.165, 1.54) is 6.20 Å². The minimum atomic E-state index is -0.761. The maximum absolute atomic E-state index is 12.9. The summed E-state index contributed by atoms with van der Waals surface area (Å²) in [5, 5.41) is 0. The molecule has 0 aliphatic carbocycles. The van der Waals surface area contributed by atoms with Crippen molar-refractivity contribution in [1.29, 1.82) is 0 Å². The van der Waals surface area contributed by atoms with Gasteiger partial charge in [0.25, 0.3) is 0 Å². The maximum atomic E-state index is 12.9. The SMILES string of the molecule is O=C(Cc1ncc[nH]1)c1cc(F)cc(F)c1. The van der Waals surface area contributed by atoms with E-state index in [2.05, 4.69) is 9.97 Å². The van der Waals surface area contributed by atoms with Crippen LogP contribution in [-0.2, 0) is 6.42 Å². The molecule has 0 aliphatic heterocycles. The Morgan fingerprint density at radius 2 is 1.94 bits per heavy atom. The van der Waals surface area contributed by atoms with Crippen LogP contribution in [0.5, 0.6) is 0 Å². The largest absolute Gasteiger partial charge is 0.348 e. The van der Waals surface area contributed by atoms with Gasteiger partial charge in [0.2, 0.25) is 0 Å². The summed E-state index contributed by atoms with van der Waals surface area (Å²) in [4.78, 5) is 18.2. The molecule has 0 atom stereocenters. The Kier molecular flexibility index (Phi) is 2.76. The molecule has 2 aromatic rings. The van der Waals surface area contributed by atoms with Crippen molar-refractivity contribution in [3.63, 3.8) is 0 Å². The van der Waals surface area contributed by atoms with E-state index in [0.717, 1.165) is 18.2 Å². The van der Waals surface area contributed by atoms with Crippen LogP contribution < -0.4 is 0 Å². The zero-order valence-electron chi connectivity index (χ0n) is 8.21. The number of aromatic amines is 1. The Bertz CT molecular complexity index is 488. The summed E-state index contributed by atoms with van der Waals surface area (Å²) >= 11 is 0. The van der Waals surface area contributed by atoms with Crippen LogP contribution >= 0.6 is 0 Å². The van der Waals surface area contributed by atoms with Gasteiger partial charge >= 0.3 is 0 Å². The number of nitrogens with one attached hydrogen (secondary N) is 1. The second-order valence-electron chi connectivity index (χ2n) is 3.29. The van der Waals surface area contributed by atoms with Crippen molar-refractivity contribution in [3.05, 3.63) is 53.6 Å². The first-order valence-electron chi connectivity index (χ1n) is 4.63. The fourth-order valence-electron chi connectivity index (χ4n) is 1.36. The van der Waals surface area contributed by atoms with E-state index in [1.807, 2.05) is 0 Å². The first kappa shape index (κ1) is 10.5. The van der Waals surface area contributed by atoms with E-state index in [0.29, 0.717) is 5.82 Å². The zero-order chi connectivity index (χ0) is 11.5. The number of Topliss-reactive ketones (excluding diaryl/α,β-unsaturated/α-hetero) is 1. The van der Waals surface area contributed by atoms with Gasteiger partial charge in [-0.25, -0.2) is 13.8 Å². The lowest BCUT2D eigenvalue weighted by molar-refractivity contribution is 0.0990. The summed E-state index contributed by atoms with van der Waals surface area (Å²) < 4.78 is 25.7. The highest BCUT2D eigenvalue weighted by atomic mass is 19.1. The predicted molar refractivity (Wildman–Crippen MR) is 53.0 cm³/mol. The summed E-state index contributed by atoms with van der Waals surface area (Å²) in [5.74, 6) is -1.44. The van der Waals surface area contributed by atoms with Gasteiger partial charge in [0.1, 0.15) is 17.5 Å². The quantitative estimate of drug-likeness (QED) is 0.808. The normalized spacial score (nSPS) is 10.4. The average Bonchev–Trinajstić information content (AvgIpc) is 2.68. The Labute approximate surface area is 90.1 Å². The molecular weight excluding hydrogens is 214 g/mol. The summed E-state index contributed by atoms with van der Waals surface area (Å²) in [6.07, 6.45) is 3.08. The van der Waals surface area contributed by atoms with Crippen molar-refractivity contribution in [3.8, 4) is 0 Å². The molecule has 1 heterocycles. The molecule has 2 rings (SSSR count). The third kappa shape index (κ3) is 2.31. The topological polar surface area (TPSA) is 45.8 Å². The lowest BCUT2D eigenvalue weighted by Gasteiger charge is -1.99. The van der Waals surface area contributed by atoms with Crippen molar-refractivity contribution < 1.29 is 13.6 Å². The van der Waals surface area contributed by atoms with Crippen LogP contribution in [0.25, 0.3) is 0 Å². The van der Waals surface area contributed by atoms with Crippen LogP contribution in [0.15, 0.2) is 30.6 Å². The smallest absolute Gasteiger partial charge is 0.170 e. The van der Waals surface area contributed by atoms with Gasteiger partial charge in [0.15, 0.2) is 5.78 Å². The van der Waals surface area contributed by atoms with E-state index in [4.69, 9.17) is 0 Å². The first-order valence-corrected chi connectivity index (χ1v) is 4.63. The molecule has 0 spiro atoms. The molecule has 0 radical (unpaired) electrons. The van der Waals surface area contributed by atoms with E-state index >= 15 is 0 Å². The average molecular weight is 222 g/mol. The van der Waals surface area contributed by atoms with Gasteiger partial charge in [-0.3, -0.25) is 4.79 Å². The molecule has 1 N–H and O–H groups in total. The van der Waals surface area contributed by atoms with Crippen molar-refractivity contribution in [2.75, 3.05) is 0 Å². The van der Waals surface area contributed by atoms with Crippen molar-refractivity contribution in [2.24, 2.45) is 0 Å². The number of imidazole rings is 1. The molecule has 82 valence electrons. The number of hydrogen-bond acceptors (Lipinski definition) is 2. The van der Waals surface area contributed by atoms with Crippen molar-refractivity contribution in [1.82, 2.24) is 9.97 Å². The molecule has 0 fully saturated rings. The van der Waals surface area contributed by atoms with Crippen LogP contribution in [0.2, 0.25) is 0 Å². The number of halogens is 2. The van der Waals surface area contributed by atoms with Crippen LogP contribution in [0.1, 0.15) is 16.2 Å². The molecule has 1 aromatic heterocycles. The Morgan fingerprint density at radius 1 is 1.25 bits per heavy atom. The van der Waals surface area contributed by atoms with E-state index in [1.54, 1.807) is 6.20 Å². The molecule has 5 heteroatoms. The fraction of sp³-hybridized carbons (Fsp3) is 0.0909. The van der Waals surface area contributed by atoms with Crippen molar-refractivity contribution in [2.45, 2.75) is 6.42 Å². The van der Waals surface area contributed by atoms with Gasteiger partial charge in [-0.05, 0) is 12.1 Å². The van der Waals surface area contributed by atoms with Crippen LogP contribution in [0.3, 0.4) is 0 Å². The molecule has 0 amide bonds. The number of ketones is 1. The van der Waals surface area contributed by atoms with Gasteiger partial charge in [-0.15, -0.1) is 0 Å². The second kappa shape index (κ2) is 4.22. The standard InChI is InChI=1S/C11H8F2N2O/c12-8-3-7(4-9(13)5-8)10(16)6-11-14-1-2-15-11/h1-5H,6H2,(H,14,15). The van der Waals surface area contributed by atoms with E-state index < -0.39 is 11.6 Å².